The van der Waals surface area contributed by atoms with Crippen molar-refractivity contribution in [1.82, 2.24) is 0 Å². The Hall–Kier alpha value is -3.58. The zero-order chi connectivity index (χ0) is 25.5. The van der Waals surface area contributed by atoms with Gasteiger partial charge in [0.15, 0.2) is 18.1 Å². The Kier molecular flexibility index (Phi) is 8.71. The number of halogens is 3. The summed E-state index contributed by atoms with van der Waals surface area (Å²) in [6.07, 6.45) is 1.61. The van der Waals surface area contributed by atoms with Gasteiger partial charge >= 0.3 is 0 Å². The number of ether oxygens (including phenoxy) is 2. The SMILES string of the molecule is COc1cc(/C=C(\C#N)c2ccc([N+](=O)[O-])cc2)cc(Br)c1OCC(=O)Nc1ccc(Cl)c(Cl)c1. The Morgan fingerprint density at radius 2 is 1.89 bits per heavy atom. The number of anilines is 1. The van der Waals surface area contributed by atoms with Crippen LogP contribution in [0.3, 0.4) is 0 Å². The van der Waals surface area contributed by atoms with E-state index in [1.165, 1.54) is 37.4 Å². The molecule has 8 nitrogen and oxygen atoms in total. The molecule has 0 aliphatic heterocycles. The third-order valence-corrected chi connectivity index (χ3v) is 5.95. The Balaban J connectivity index is 1.78. The molecule has 0 unspecified atom stereocenters. The molecule has 0 radical (unpaired) electrons. The minimum atomic E-state index is -0.509. The number of carbonyl (C=O) groups excluding carboxylic acids is 1. The fourth-order valence-electron chi connectivity index (χ4n) is 2.98. The van der Waals surface area contributed by atoms with Crippen LogP contribution in [0.4, 0.5) is 11.4 Å². The Labute approximate surface area is 219 Å². The lowest BCUT2D eigenvalue weighted by Gasteiger charge is -2.14. The van der Waals surface area contributed by atoms with Gasteiger partial charge in [-0.3, -0.25) is 14.9 Å². The summed E-state index contributed by atoms with van der Waals surface area (Å²) in [6.45, 7) is -0.309. The maximum absolute atomic E-state index is 12.3. The number of nitro benzene ring substituents is 1. The molecule has 0 heterocycles. The van der Waals surface area contributed by atoms with Crippen molar-refractivity contribution in [3.05, 3.63) is 90.4 Å². The van der Waals surface area contributed by atoms with Gasteiger partial charge in [-0.15, -0.1) is 0 Å². The molecule has 35 heavy (non-hydrogen) atoms. The van der Waals surface area contributed by atoms with Gasteiger partial charge in [0.25, 0.3) is 11.6 Å². The van der Waals surface area contributed by atoms with E-state index in [2.05, 4.69) is 27.3 Å². The summed E-state index contributed by atoms with van der Waals surface area (Å²) in [4.78, 5) is 22.7. The van der Waals surface area contributed by atoms with Crippen molar-refractivity contribution in [3.63, 3.8) is 0 Å². The minimum Gasteiger partial charge on any atom is -0.493 e. The quantitative estimate of drug-likeness (QED) is 0.137. The lowest BCUT2D eigenvalue weighted by Crippen LogP contribution is -2.20. The van der Waals surface area contributed by atoms with Gasteiger partial charge in [-0.25, -0.2) is 0 Å². The molecule has 0 aliphatic carbocycles. The fourth-order valence-corrected chi connectivity index (χ4v) is 3.85. The molecule has 11 heteroatoms. The van der Waals surface area contributed by atoms with Crippen molar-refractivity contribution < 1.29 is 19.2 Å². The van der Waals surface area contributed by atoms with Crippen molar-refractivity contribution in [2.45, 2.75) is 0 Å². The van der Waals surface area contributed by atoms with E-state index in [1.807, 2.05) is 0 Å². The molecule has 1 amide bonds. The molecule has 0 aliphatic rings. The number of methoxy groups -OCH3 is 1. The molecular weight excluding hydrogens is 561 g/mol. The molecule has 1 N–H and O–H groups in total. The number of nitrogens with zero attached hydrogens (tertiary/aromatic N) is 2. The molecule has 3 aromatic carbocycles. The van der Waals surface area contributed by atoms with Crippen LogP contribution in [0.1, 0.15) is 11.1 Å². The Morgan fingerprint density at radius 1 is 1.17 bits per heavy atom. The average Bonchev–Trinajstić information content (AvgIpc) is 2.83. The van der Waals surface area contributed by atoms with Crippen LogP contribution >= 0.6 is 39.1 Å². The smallest absolute Gasteiger partial charge is 0.269 e. The summed E-state index contributed by atoms with van der Waals surface area (Å²) < 4.78 is 11.6. The third-order valence-electron chi connectivity index (χ3n) is 4.62. The van der Waals surface area contributed by atoms with Crippen molar-refractivity contribution in [2.24, 2.45) is 0 Å². The second kappa shape index (κ2) is 11.7. The number of amides is 1. The molecule has 0 aromatic heterocycles. The van der Waals surface area contributed by atoms with Crippen LogP contribution in [0, 0.1) is 21.4 Å². The maximum atomic E-state index is 12.3. The summed E-state index contributed by atoms with van der Waals surface area (Å²) in [7, 11) is 1.44. The summed E-state index contributed by atoms with van der Waals surface area (Å²) in [5, 5.41) is 23.8. The van der Waals surface area contributed by atoms with Crippen LogP contribution in [-0.4, -0.2) is 24.5 Å². The van der Waals surface area contributed by atoms with Crippen molar-refractivity contribution in [3.8, 4) is 17.6 Å². The maximum Gasteiger partial charge on any atom is 0.269 e. The van der Waals surface area contributed by atoms with Gasteiger partial charge in [-0.05, 0) is 75.6 Å². The summed E-state index contributed by atoms with van der Waals surface area (Å²) >= 11 is 15.3. The van der Waals surface area contributed by atoms with E-state index in [4.69, 9.17) is 32.7 Å². The van der Waals surface area contributed by atoms with Crippen molar-refractivity contribution >= 4 is 68.1 Å². The largest absolute Gasteiger partial charge is 0.493 e. The van der Waals surface area contributed by atoms with E-state index in [1.54, 1.807) is 30.3 Å². The van der Waals surface area contributed by atoms with Gasteiger partial charge in [-0.1, -0.05) is 23.2 Å². The van der Waals surface area contributed by atoms with Gasteiger partial charge in [-0.2, -0.15) is 5.26 Å². The van der Waals surface area contributed by atoms with E-state index in [0.717, 1.165) is 0 Å². The van der Waals surface area contributed by atoms with Crippen LogP contribution < -0.4 is 14.8 Å². The van der Waals surface area contributed by atoms with Gasteiger partial charge in [0.2, 0.25) is 0 Å². The zero-order valence-corrected chi connectivity index (χ0v) is 21.1. The second-order valence-electron chi connectivity index (χ2n) is 6.97. The van der Waals surface area contributed by atoms with E-state index in [-0.39, 0.29) is 12.3 Å². The van der Waals surface area contributed by atoms with Gasteiger partial charge in [0, 0.05) is 17.8 Å². The van der Waals surface area contributed by atoms with Gasteiger partial charge in [0.05, 0.1) is 38.2 Å². The molecule has 3 aromatic rings. The molecule has 0 saturated heterocycles. The van der Waals surface area contributed by atoms with Crippen LogP contribution in [0.5, 0.6) is 11.5 Å². The van der Waals surface area contributed by atoms with Crippen LogP contribution in [0.2, 0.25) is 10.0 Å². The Bertz CT molecular complexity index is 1350. The monoisotopic (exact) mass is 575 g/mol. The predicted octanol–water partition coefficient (Wildman–Crippen LogP) is 6.75. The predicted molar refractivity (Wildman–Crippen MR) is 138 cm³/mol. The number of benzene rings is 3. The first-order chi connectivity index (χ1) is 16.7. The van der Waals surface area contributed by atoms with Gasteiger partial charge < -0.3 is 14.8 Å². The first-order valence-electron chi connectivity index (χ1n) is 9.83. The van der Waals surface area contributed by atoms with E-state index >= 15 is 0 Å². The number of rotatable bonds is 8. The second-order valence-corrected chi connectivity index (χ2v) is 8.64. The normalized spacial score (nSPS) is 10.9. The van der Waals surface area contributed by atoms with E-state index in [9.17, 15) is 20.2 Å². The first kappa shape index (κ1) is 26.0. The third kappa shape index (κ3) is 6.73. The van der Waals surface area contributed by atoms with E-state index in [0.29, 0.717) is 48.4 Å². The molecule has 3 rings (SSSR count). The lowest BCUT2D eigenvalue weighted by molar-refractivity contribution is -0.384. The van der Waals surface area contributed by atoms with Crippen molar-refractivity contribution in [2.75, 3.05) is 19.0 Å². The molecular formula is C24H16BrCl2N3O5. The van der Waals surface area contributed by atoms with Crippen molar-refractivity contribution in [1.29, 1.82) is 5.26 Å². The zero-order valence-electron chi connectivity index (χ0n) is 18.1. The summed E-state index contributed by atoms with van der Waals surface area (Å²) in [5.41, 5.74) is 1.82. The molecule has 0 fully saturated rings. The Morgan fingerprint density at radius 3 is 2.49 bits per heavy atom. The highest BCUT2D eigenvalue weighted by Crippen LogP contribution is 2.38. The number of allylic oxidation sites excluding steroid dienone is 1. The van der Waals surface area contributed by atoms with Crippen LogP contribution in [-0.2, 0) is 4.79 Å². The minimum absolute atomic E-state index is 0.0693. The molecule has 0 saturated carbocycles. The summed E-state index contributed by atoms with van der Waals surface area (Å²) in [6, 6.07) is 15.8. The van der Waals surface area contributed by atoms with Gasteiger partial charge in [0.1, 0.15) is 0 Å². The molecule has 0 atom stereocenters. The van der Waals surface area contributed by atoms with Crippen LogP contribution in [0.25, 0.3) is 11.6 Å². The number of nitro groups is 1. The number of non-ortho nitro benzene ring substituents is 1. The van der Waals surface area contributed by atoms with Crippen LogP contribution in [0.15, 0.2) is 59.1 Å². The topological polar surface area (TPSA) is 114 Å². The number of hydrogen-bond donors (Lipinski definition) is 1. The van der Waals surface area contributed by atoms with E-state index < -0.39 is 10.8 Å². The molecule has 0 spiro atoms. The standard InChI is InChI=1S/C24H16BrCl2N3O5/c1-34-22-10-14(8-16(12-28)15-2-5-18(6-3-15)30(32)33)9-19(25)24(22)35-13-23(31)29-17-4-7-20(26)21(27)11-17/h2-11H,13H2,1H3,(H,29,31)/b16-8+. The number of carbonyl (C=O) groups is 1. The lowest BCUT2D eigenvalue weighted by atomic mass is 10.0. The number of hydrogen-bond acceptors (Lipinski definition) is 6. The first-order valence-corrected chi connectivity index (χ1v) is 11.4. The average molecular weight is 577 g/mol. The highest BCUT2D eigenvalue weighted by Gasteiger charge is 2.15. The number of nitriles is 1. The molecule has 0 bridgehead atoms. The summed E-state index contributed by atoms with van der Waals surface area (Å²) in [5.74, 6) is 0.197. The molecule has 178 valence electrons. The number of nitrogens with one attached hydrogen (secondary N) is 1. The highest BCUT2D eigenvalue weighted by atomic mass is 79.9. The highest BCUT2D eigenvalue weighted by molar-refractivity contribution is 9.10. The fraction of sp³-hybridized carbons (Fsp3) is 0.0833.